The molecule has 0 bridgehead atoms. The van der Waals surface area contributed by atoms with Gasteiger partial charge in [-0.2, -0.15) is 0 Å². The van der Waals surface area contributed by atoms with Gasteiger partial charge < -0.3 is 5.21 Å². The highest BCUT2D eigenvalue weighted by Crippen LogP contribution is 2.20. The number of hydrogen-bond acceptors (Lipinski definition) is 3. The zero-order valence-corrected chi connectivity index (χ0v) is 8.23. The average Bonchev–Trinajstić information content (AvgIpc) is 2.17. The van der Waals surface area contributed by atoms with Crippen LogP contribution < -0.4 is 5.48 Å². The van der Waals surface area contributed by atoms with E-state index in [1.165, 1.54) is 0 Å². The smallest absolute Gasteiger partial charge is 0.247 e. The lowest BCUT2D eigenvalue weighted by Crippen LogP contribution is -2.05. The third-order valence-electron chi connectivity index (χ3n) is 1.58. The highest BCUT2D eigenvalue weighted by molar-refractivity contribution is 7.99. The molecule has 0 aliphatic rings. The van der Waals surface area contributed by atoms with Crippen molar-refractivity contribution in [2.45, 2.75) is 17.9 Å². The molecule has 0 aliphatic carbocycles. The Kier molecular flexibility index (Phi) is 4.86. The van der Waals surface area contributed by atoms with Gasteiger partial charge in [0.25, 0.3) is 0 Å². The lowest BCUT2D eigenvalue weighted by atomic mass is 10.2. The zero-order chi connectivity index (χ0) is 10.4. The van der Waals surface area contributed by atoms with Gasteiger partial charge >= 0.3 is 0 Å². The van der Waals surface area contributed by atoms with Crippen LogP contribution in [0, 0.1) is 0 Å². The first-order valence-corrected chi connectivity index (χ1v) is 5.08. The van der Waals surface area contributed by atoms with Crippen LogP contribution in [0.2, 0.25) is 0 Å². The van der Waals surface area contributed by atoms with Gasteiger partial charge in [0.05, 0.1) is 5.75 Å². The molecular formula is C9H11F2NOS. The molecular weight excluding hydrogens is 208 g/mol. The van der Waals surface area contributed by atoms with Gasteiger partial charge in [0.15, 0.2) is 0 Å². The average molecular weight is 219 g/mol. The van der Waals surface area contributed by atoms with Gasteiger partial charge in [0.1, 0.15) is 0 Å². The molecule has 0 heterocycles. The van der Waals surface area contributed by atoms with Gasteiger partial charge in [-0.25, -0.2) is 14.3 Å². The summed E-state index contributed by atoms with van der Waals surface area (Å²) in [5.41, 5.74) is 2.94. The van der Waals surface area contributed by atoms with Gasteiger partial charge in [0, 0.05) is 11.4 Å². The standard InChI is InChI=1S/C9H11F2NOS/c10-9(11)6-14-8-3-1-7(2-4-8)5-12-13/h1-4,9,12-13H,5-6H2. The van der Waals surface area contributed by atoms with Crippen molar-refractivity contribution in [3.63, 3.8) is 0 Å². The molecule has 5 heteroatoms. The topological polar surface area (TPSA) is 32.3 Å². The number of hydroxylamine groups is 1. The number of benzene rings is 1. The molecule has 1 aromatic rings. The van der Waals surface area contributed by atoms with Crippen molar-refractivity contribution in [2.75, 3.05) is 5.75 Å². The van der Waals surface area contributed by atoms with Crippen LogP contribution in [0.1, 0.15) is 5.56 Å². The van der Waals surface area contributed by atoms with E-state index < -0.39 is 6.43 Å². The second kappa shape index (κ2) is 5.95. The van der Waals surface area contributed by atoms with Crippen LogP contribution in [0.25, 0.3) is 0 Å². The maximum absolute atomic E-state index is 11.9. The van der Waals surface area contributed by atoms with E-state index in [9.17, 15) is 8.78 Å². The van der Waals surface area contributed by atoms with Gasteiger partial charge in [-0.05, 0) is 17.7 Å². The van der Waals surface area contributed by atoms with Crippen molar-refractivity contribution in [3.05, 3.63) is 29.8 Å². The summed E-state index contributed by atoms with van der Waals surface area (Å²) in [6, 6.07) is 7.10. The minimum Gasteiger partial charge on any atom is -0.316 e. The van der Waals surface area contributed by atoms with E-state index in [1.54, 1.807) is 24.3 Å². The SMILES string of the molecule is ONCc1ccc(SCC(F)F)cc1. The van der Waals surface area contributed by atoms with Crippen molar-refractivity contribution < 1.29 is 14.0 Å². The molecule has 1 aromatic carbocycles. The second-order valence-electron chi connectivity index (χ2n) is 2.68. The van der Waals surface area contributed by atoms with Crippen molar-refractivity contribution in [1.29, 1.82) is 0 Å². The van der Waals surface area contributed by atoms with Crippen molar-refractivity contribution in [2.24, 2.45) is 0 Å². The predicted molar refractivity (Wildman–Crippen MR) is 51.8 cm³/mol. The lowest BCUT2D eigenvalue weighted by molar-refractivity contribution is 0.161. The van der Waals surface area contributed by atoms with E-state index in [1.807, 2.05) is 5.48 Å². The summed E-state index contributed by atoms with van der Waals surface area (Å²) in [4.78, 5) is 0.812. The maximum atomic E-state index is 11.9. The molecule has 0 amide bonds. The number of alkyl halides is 2. The van der Waals surface area contributed by atoms with Gasteiger partial charge in [-0.1, -0.05) is 12.1 Å². The minimum atomic E-state index is -2.28. The molecule has 0 unspecified atom stereocenters. The summed E-state index contributed by atoms with van der Waals surface area (Å²) in [5.74, 6) is -0.183. The van der Waals surface area contributed by atoms with E-state index >= 15 is 0 Å². The molecule has 0 spiro atoms. The van der Waals surface area contributed by atoms with Crippen LogP contribution in [0.5, 0.6) is 0 Å². The molecule has 0 atom stereocenters. The Balaban J connectivity index is 2.46. The Labute approximate surface area is 85.3 Å². The number of halogens is 2. The summed E-state index contributed by atoms with van der Waals surface area (Å²) < 4.78 is 23.7. The van der Waals surface area contributed by atoms with Crippen LogP contribution in [0.4, 0.5) is 8.78 Å². The quantitative estimate of drug-likeness (QED) is 0.589. The molecule has 0 aromatic heterocycles. The fourth-order valence-corrected chi connectivity index (χ4v) is 1.60. The van der Waals surface area contributed by atoms with Crippen molar-refractivity contribution >= 4 is 11.8 Å². The molecule has 2 nitrogen and oxygen atoms in total. The van der Waals surface area contributed by atoms with E-state index in [2.05, 4.69) is 0 Å². The first-order valence-electron chi connectivity index (χ1n) is 4.09. The Bertz CT molecular complexity index is 266. The monoisotopic (exact) mass is 219 g/mol. The minimum absolute atomic E-state index is 0.183. The highest BCUT2D eigenvalue weighted by atomic mass is 32.2. The second-order valence-corrected chi connectivity index (χ2v) is 3.77. The van der Waals surface area contributed by atoms with Crippen LogP contribution in [-0.2, 0) is 6.54 Å². The molecule has 14 heavy (non-hydrogen) atoms. The predicted octanol–water partition coefficient (Wildman–Crippen LogP) is 2.52. The van der Waals surface area contributed by atoms with Crippen LogP contribution >= 0.6 is 11.8 Å². The third-order valence-corrected chi connectivity index (χ3v) is 2.61. The molecule has 0 saturated heterocycles. The highest BCUT2D eigenvalue weighted by Gasteiger charge is 2.03. The summed E-state index contributed by atoms with van der Waals surface area (Å²) in [7, 11) is 0. The number of thioether (sulfide) groups is 1. The third kappa shape index (κ3) is 4.04. The summed E-state index contributed by atoms with van der Waals surface area (Å²) in [6.45, 7) is 0.361. The molecule has 78 valence electrons. The molecule has 0 aliphatic heterocycles. The Morgan fingerprint density at radius 2 is 1.93 bits per heavy atom. The number of nitrogens with one attached hydrogen (secondary N) is 1. The maximum Gasteiger partial charge on any atom is 0.247 e. The number of rotatable bonds is 5. The summed E-state index contributed by atoms with van der Waals surface area (Å²) in [6.07, 6.45) is -2.28. The molecule has 0 saturated carbocycles. The van der Waals surface area contributed by atoms with E-state index in [4.69, 9.17) is 5.21 Å². The van der Waals surface area contributed by atoms with Crippen molar-refractivity contribution in [3.8, 4) is 0 Å². The van der Waals surface area contributed by atoms with E-state index in [0.717, 1.165) is 22.2 Å². The summed E-state index contributed by atoms with van der Waals surface area (Å²) >= 11 is 1.12. The fraction of sp³-hybridized carbons (Fsp3) is 0.333. The van der Waals surface area contributed by atoms with Crippen LogP contribution in [-0.4, -0.2) is 17.4 Å². The van der Waals surface area contributed by atoms with E-state index in [-0.39, 0.29) is 5.75 Å². The molecule has 1 rings (SSSR count). The summed E-state index contributed by atoms with van der Waals surface area (Å²) in [5, 5.41) is 8.41. The van der Waals surface area contributed by atoms with E-state index in [0.29, 0.717) is 6.54 Å². The zero-order valence-electron chi connectivity index (χ0n) is 7.41. The van der Waals surface area contributed by atoms with Gasteiger partial charge in [-0.15, -0.1) is 11.8 Å². The lowest BCUT2D eigenvalue weighted by Gasteiger charge is -2.02. The van der Waals surface area contributed by atoms with Gasteiger partial charge in [0.2, 0.25) is 6.43 Å². The van der Waals surface area contributed by atoms with Crippen LogP contribution in [0.3, 0.4) is 0 Å². The molecule has 2 N–H and O–H groups in total. The van der Waals surface area contributed by atoms with Gasteiger partial charge in [-0.3, -0.25) is 0 Å². The Morgan fingerprint density at radius 3 is 2.43 bits per heavy atom. The van der Waals surface area contributed by atoms with Crippen LogP contribution in [0.15, 0.2) is 29.2 Å². The molecule has 0 radical (unpaired) electrons. The first-order chi connectivity index (χ1) is 6.72. The Morgan fingerprint density at radius 1 is 1.29 bits per heavy atom. The largest absolute Gasteiger partial charge is 0.316 e. The van der Waals surface area contributed by atoms with Crippen molar-refractivity contribution in [1.82, 2.24) is 5.48 Å². The fourth-order valence-electron chi connectivity index (χ4n) is 0.954. The normalized spacial score (nSPS) is 10.9. The number of hydrogen-bond donors (Lipinski definition) is 2. The Hall–Kier alpha value is -0.650. The molecule has 0 fully saturated rings. The first kappa shape index (κ1) is 11.4.